The molecule has 1 aromatic carbocycles. The Morgan fingerprint density at radius 2 is 1.84 bits per heavy atom. The molecule has 1 unspecified atom stereocenters. The van der Waals surface area contributed by atoms with Crippen molar-refractivity contribution < 1.29 is 19.5 Å². The van der Waals surface area contributed by atoms with Crippen molar-refractivity contribution in [2.75, 3.05) is 26.2 Å². The van der Waals surface area contributed by atoms with Crippen LogP contribution in [0.25, 0.3) is 0 Å². The van der Waals surface area contributed by atoms with Gasteiger partial charge in [0.05, 0.1) is 18.4 Å². The van der Waals surface area contributed by atoms with Crippen molar-refractivity contribution in [3.05, 3.63) is 35.9 Å². The molecule has 3 N–H and O–H groups in total. The average Bonchev–Trinajstić information content (AvgIpc) is 2.78. The summed E-state index contributed by atoms with van der Waals surface area (Å²) in [5, 5.41) is 15.5. The number of nitrogens with one attached hydrogen (secondary N) is 2. The van der Waals surface area contributed by atoms with E-state index in [0.717, 1.165) is 50.8 Å². The number of aliphatic carboxylic acids is 1. The molecule has 2 atom stereocenters. The SMILES string of the molecule is Cl.O=C(O)CC(NC(=O)[C@@H]1CCCN(C(=O)CCC2CCNCC2)C1)c1ccccc1. The molecule has 0 bridgehead atoms. The quantitative estimate of drug-likeness (QED) is 0.564. The molecule has 3 rings (SSSR count). The van der Waals surface area contributed by atoms with Crippen LogP contribution in [0.4, 0.5) is 0 Å². The van der Waals surface area contributed by atoms with Crippen molar-refractivity contribution in [1.82, 2.24) is 15.5 Å². The van der Waals surface area contributed by atoms with Crippen molar-refractivity contribution >= 4 is 30.2 Å². The molecule has 2 saturated heterocycles. The maximum atomic E-state index is 12.9. The number of carboxylic acids is 1. The molecule has 31 heavy (non-hydrogen) atoms. The fourth-order valence-electron chi connectivity index (χ4n) is 4.48. The van der Waals surface area contributed by atoms with Gasteiger partial charge in [0.2, 0.25) is 11.8 Å². The molecular formula is C23H34ClN3O4. The first-order chi connectivity index (χ1) is 14.5. The lowest BCUT2D eigenvalue weighted by molar-refractivity contribution is -0.138. The van der Waals surface area contributed by atoms with E-state index < -0.39 is 12.0 Å². The Labute approximate surface area is 190 Å². The van der Waals surface area contributed by atoms with E-state index >= 15 is 0 Å². The van der Waals surface area contributed by atoms with E-state index in [-0.39, 0.29) is 36.6 Å². The lowest BCUT2D eigenvalue weighted by Crippen LogP contribution is -2.46. The van der Waals surface area contributed by atoms with Gasteiger partial charge in [0.1, 0.15) is 0 Å². The summed E-state index contributed by atoms with van der Waals surface area (Å²) >= 11 is 0. The molecule has 0 spiro atoms. The maximum Gasteiger partial charge on any atom is 0.305 e. The highest BCUT2D eigenvalue weighted by atomic mass is 35.5. The Hall–Kier alpha value is -2.12. The largest absolute Gasteiger partial charge is 0.481 e. The molecule has 7 nitrogen and oxygen atoms in total. The van der Waals surface area contributed by atoms with Crippen LogP contribution in [0.3, 0.4) is 0 Å². The average molecular weight is 452 g/mol. The van der Waals surface area contributed by atoms with Crippen LogP contribution in [0.15, 0.2) is 30.3 Å². The number of hydrogen-bond donors (Lipinski definition) is 3. The van der Waals surface area contributed by atoms with Gasteiger partial charge in [-0.15, -0.1) is 12.4 Å². The number of halogens is 1. The minimum absolute atomic E-state index is 0. The third-order valence-corrected chi connectivity index (χ3v) is 6.27. The second kappa shape index (κ2) is 12.7. The normalized spacial score (nSPS) is 20.4. The second-order valence-corrected chi connectivity index (χ2v) is 8.48. The first kappa shape index (κ1) is 25.1. The molecule has 2 fully saturated rings. The molecule has 1 aromatic rings. The Kier molecular flexibility index (Phi) is 10.3. The molecule has 2 amide bonds. The van der Waals surface area contributed by atoms with Crippen LogP contribution in [-0.2, 0) is 14.4 Å². The number of benzene rings is 1. The van der Waals surface area contributed by atoms with Crippen molar-refractivity contribution in [3.8, 4) is 0 Å². The van der Waals surface area contributed by atoms with Gasteiger partial charge in [0.15, 0.2) is 0 Å². The highest BCUT2D eigenvalue weighted by Crippen LogP contribution is 2.23. The molecule has 0 saturated carbocycles. The van der Waals surface area contributed by atoms with Crippen LogP contribution in [0.5, 0.6) is 0 Å². The summed E-state index contributed by atoms with van der Waals surface area (Å²) in [7, 11) is 0. The Morgan fingerprint density at radius 1 is 1.13 bits per heavy atom. The van der Waals surface area contributed by atoms with Crippen molar-refractivity contribution in [2.45, 2.75) is 51.0 Å². The van der Waals surface area contributed by atoms with Gasteiger partial charge in [0, 0.05) is 19.5 Å². The van der Waals surface area contributed by atoms with E-state index in [1.807, 2.05) is 35.2 Å². The minimum Gasteiger partial charge on any atom is -0.481 e. The summed E-state index contributed by atoms with van der Waals surface area (Å²) in [5.74, 6) is -0.664. The number of likely N-dealkylation sites (tertiary alicyclic amines) is 1. The smallest absolute Gasteiger partial charge is 0.305 e. The van der Waals surface area contributed by atoms with Gasteiger partial charge in [0.25, 0.3) is 0 Å². The van der Waals surface area contributed by atoms with Crippen LogP contribution < -0.4 is 10.6 Å². The van der Waals surface area contributed by atoms with Gasteiger partial charge < -0.3 is 20.6 Å². The van der Waals surface area contributed by atoms with Crippen molar-refractivity contribution in [2.24, 2.45) is 11.8 Å². The molecule has 172 valence electrons. The standard InChI is InChI=1S/C23H33N3O4.ClH/c27-21(9-8-17-10-12-24-13-11-17)26-14-4-7-19(16-26)23(30)25-20(15-22(28)29)18-5-2-1-3-6-18;/h1-3,5-6,17,19-20,24H,4,7-16H2,(H,25,30)(H,28,29);1H/t19-,20?;/m1./s1. The van der Waals surface area contributed by atoms with Gasteiger partial charge >= 0.3 is 5.97 Å². The molecule has 2 aliphatic heterocycles. The summed E-state index contributed by atoms with van der Waals surface area (Å²) < 4.78 is 0. The summed E-state index contributed by atoms with van der Waals surface area (Å²) in [6, 6.07) is 8.61. The predicted octanol–water partition coefficient (Wildman–Crippen LogP) is 2.76. The minimum atomic E-state index is -0.956. The van der Waals surface area contributed by atoms with Crippen molar-refractivity contribution in [1.29, 1.82) is 0 Å². The summed E-state index contributed by atoms with van der Waals surface area (Å²) in [6.45, 7) is 3.19. The summed E-state index contributed by atoms with van der Waals surface area (Å²) in [6.07, 6.45) is 5.07. The van der Waals surface area contributed by atoms with Crippen LogP contribution in [0, 0.1) is 11.8 Å². The number of carboxylic acid groups (broad SMARTS) is 1. The fourth-order valence-corrected chi connectivity index (χ4v) is 4.48. The maximum absolute atomic E-state index is 12.9. The van der Waals surface area contributed by atoms with E-state index in [2.05, 4.69) is 10.6 Å². The predicted molar refractivity (Wildman–Crippen MR) is 121 cm³/mol. The zero-order valence-corrected chi connectivity index (χ0v) is 18.7. The molecule has 0 radical (unpaired) electrons. The van der Waals surface area contributed by atoms with Gasteiger partial charge in [-0.2, -0.15) is 0 Å². The van der Waals surface area contributed by atoms with E-state index in [9.17, 15) is 19.5 Å². The summed E-state index contributed by atoms with van der Waals surface area (Å²) in [5.41, 5.74) is 0.777. The Morgan fingerprint density at radius 3 is 2.52 bits per heavy atom. The number of rotatable bonds is 8. The molecule has 0 aromatic heterocycles. The fraction of sp³-hybridized carbons (Fsp3) is 0.609. The lowest BCUT2D eigenvalue weighted by Gasteiger charge is -2.33. The highest BCUT2D eigenvalue weighted by molar-refractivity contribution is 5.85. The monoisotopic (exact) mass is 451 g/mol. The van der Waals surface area contributed by atoms with Crippen LogP contribution in [0.1, 0.15) is 56.6 Å². The second-order valence-electron chi connectivity index (χ2n) is 8.48. The first-order valence-corrected chi connectivity index (χ1v) is 11.1. The number of hydrogen-bond acceptors (Lipinski definition) is 4. The van der Waals surface area contributed by atoms with E-state index in [1.165, 1.54) is 0 Å². The third-order valence-electron chi connectivity index (χ3n) is 6.27. The number of piperidine rings is 2. The van der Waals surface area contributed by atoms with Gasteiger partial charge in [-0.3, -0.25) is 14.4 Å². The van der Waals surface area contributed by atoms with Gasteiger partial charge in [-0.25, -0.2) is 0 Å². The molecule has 2 aliphatic rings. The van der Waals surface area contributed by atoms with Crippen LogP contribution in [-0.4, -0.2) is 54.0 Å². The number of amides is 2. The highest BCUT2D eigenvalue weighted by Gasteiger charge is 2.30. The zero-order valence-electron chi connectivity index (χ0n) is 17.9. The molecule has 0 aliphatic carbocycles. The topological polar surface area (TPSA) is 98.7 Å². The molecular weight excluding hydrogens is 418 g/mol. The number of carbonyl (C=O) groups is 3. The Bertz CT molecular complexity index is 725. The van der Waals surface area contributed by atoms with Crippen LogP contribution in [0.2, 0.25) is 0 Å². The van der Waals surface area contributed by atoms with Crippen LogP contribution >= 0.6 is 12.4 Å². The summed E-state index contributed by atoms with van der Waals surface area (Å²) in [4.78, 5) is 38.7. The van der Waals surface area contributed by atoms with E-state index in [4.69, 9.17) is 0 Å². The molecule has 8 heteroatoms. The number of nitrogens with zero attached hydrogens (tertiary/aromatic N) is 1. The van der Waals surface area contributed by atoms with Gasteiger partial charge in [-0.1, -0.05) is 30.3 Å². The van der Waals surface area contributed by atoms with E-state index in [1.54, 1.807) is 0 Å². The van der Waals surface area contributed by atoms with E-state index in [0.29, 0.717) is 25.4 Å². The van der Waals surface area contributed by atoms with Gasteiger partial charge in [-0.05, 0) is 56.7 Å². The Balaban J connectivity index is 0.00000341. The lowest BCUT2D eigenvalue weighted by atomic mass is 9.92. The third kappa shape index (κ3) is 7.82. The molecule has 2 heterocycles. The van der Waals surface area contributed by atoms with Crippen molar-refractivity contribution in [3.63, 3.8) is 0 Å². The first-order valence-electron chi connectivity index (χ1n) is 11.1. The zero-order chi connectivity index (χ0) is 21.3. The number of carbonyl (C=O) groups excluding carboxylic acids is 2.